The van der Waals surface area contributed by atoms with Crippen LogP contribution in [0, 0.1) is 5.41 Å². The van der Waals surface area contributed by atoms with Gasteiger partial charge in [0.2, 0.25) is 5.91 Å². The predicted octanol–water partition coefficient (Wildman–Crippen LogP) is 0.583. The van der Waals surface area contributed by atoms with Crippen molar-refractivity contribution >= 4 is 11.7 Å². The summed E-state index contributed by atoms with van der Waals surface area (Å²) < 4.78 is 0. The highest BCUT2D eigenvalue weighted by atomic mass is 16.3. The first-order chi connectivity index (χ1) is 6.75. The minimum absolute atomic E-state index is 0.0669. The Balaban J connectivity index is 2.90. The van der Waals surface area contributed by atoms with Crippen LogP contribution >= 0.6 is 0 Å². The monoisotopic (exact) mass is 213 g/mol. The van der Waals surface area contributed by atoms with Gasteiger partial charge in [-0.2, -0.15) is 0 Å². The summed E-state index contributed by atoms with van der Waals surface area (Å²) in [6.45, 7) is 7.32. The largest absolute Gasteiger partial charge is 0.390 e. The standard InChI is InChI=1S/C11H19NO3/c1-7(13)12-6-5-8(14)9(12)10(15)11(2,3)4/h8-9,14H,5-6H2,1-4H3. The molecule has 1 aliphatic rings. The van der Waals surface area contributed by atoms with Crippen molar-refractivity contribution in [2.75, 3.05) is 6.54 Å². The molecule has 0 aromatic carbocycles. The van der Waals surface area contributed by atoms with Crippen LogP contribution in [0.15, 0.2) is 0 Å². The van der Waals surface area contributed by atoms with Crippen LogP contribution in [0.4, 0.5) is 0 Å². The second kappa shape index (κ2) is 3.93. The molecule has 0 saturated carbocycles. The number of Topliss-reactive ketones (excluding diaryl/α,β-unsaturated/α-hetero) is 1. The van der Waals surface area contributed by atoms with E-state index in [4.69, 9.17) is 0 Å². The van der Waals surface area contributed by atoms with Gasteiger partial charge in [-0.15, -0.1) is 0 Å². The number of carbonyl (C=O) groups is 2. The van der Waals surface area contributed by atoms with Crippen LogP contribution in [0.1, 0.15) is 34.1 Å². The van der Waals surface area contributed by atoms with Crippen molar-refractivity contribution in [3.8, 4) is 0 Å². The molecule has 2 atom stereocenters. The number of hydrogen-bond donors (Lipinski definition) is 1. The van der Waals surface area contributed by atoms with Crippen molar-refractivity contribution in [3.63, 3.8) is 0 Å². The van der Waals surface area contributed by atoms with E-state index in [2.05, 4.69) is 0 Å². The molecular weight excluding hydrogens is 194 g/mol. The summed E-state index contributed by atoms with van der Waals surface area (Å²) in [4.78, 5) is 24.8. The molecule has 15 heavy (non-hydrogen) atoms. The van der Waals surface area contributed by atoms with Gasteiger partial charge in [-0.05, 0) is 6.42 Å². The lowest BCUT2D eigenvalue weighted by Crippen LogP contribution is -2.48. The fourth-order valence-electron chi connectivity index (χ4n) is 1.89. The molecule has 1 saturated heterocycles. The van der Waals surface area contributed by atoms with Gasteiger partial charge in [0.1, 0.15) is 6.04 Å². The zero-order chi connectivity index (χ0) is 11.8. The molecule has 1 heterocycles. The van der Waals surface area contributed by atoms with E-state index in [1.54, 1.807) is 20.8 Å². The van der Waals surface area contributed by atoms with E-state index in [0.717, 1.165) is 0 Å². The molecule has 86 valence electrons. The lowest BCUT2D eigenvalue weighted by atomic mass is 9.85. The number of likely N-dealkylation sites (tertiary alicyclic amines) is 1. The number of hydrogen-bond acceptors (Lipinski definition) is 3. The lowest BCUT2D eigenvalue weighted by Gasteiger charge is -2.29. The molecule has 1 fully saturated rings. The Kier molecular flexibility index (Phi) is 3.19. The van der Waals surface area contributed by atoms with Crippen molar-refractivity contribution in [1.82, 2.24) is 4.90 Å². The van der Waals surface area contributed by atoms with Crippen molar-refractivity contribution in [1.29, 1.82) is 0 Å². The Morgan fingerprint density at radius 1 is 1.33 bits per heavy atom. The van der Waals surface area contributed by atoms with Gasteiger partial charge in [0.15, 0.2) is 5.78 Å². The van der Waals surface area contributed by atoms with Gasteiger partial charge in [0, 0.05) is 18.9 Å². The molecule has 0 radical (unpaired) electrons. The van der Waals surface area contributed by atoms with E-state index < -0.39 is 17.6 Å². The van der Waals surface area contributed by atoms with Crippen molar-refractivity contribution in [2.24, 2.45) is 5.41 Å². The van der Waals surface area contributed by atoms with E-state index in [1.165, 1.54) is 11.8 Å². The molecule has 2 unspecified atom stereocenters. The number of aliphatic hydroxyl groups is 1. The Hall–Kier alpha value is -0.900. The van der Waals surface area contributed by atoms with Crippen LogP contribution < -0.4 is 0 Å². The summed E-state index contributed by atoms with van der Waals surface area (Å²) in [6.07, 6.45) is -0.216. The molecule has 1 amide bonds. The van der Waals surface area contributed by atoms with Crippen LogP contribution in [0.25, 0.3) is 0 Å². The first-order valence-corrected chi connectivity index (χ1v) is 5.24. The molecule has 4 nitrogen and oxygen atoms in total. The SMILES string of the molecule is CC(=O)N1CCC(O)C1C(=O)C(C)(C)C. The first-order valence-electron chi connectivity index (χ1n) is 5.24. The third-order valence-electron chi connectivity index (χ3n) is 2.78. The maximum absolute atomic E-state index is 12.0. The summed E-state index contributed by atoms with van der Waals surface area (Å²) in [5, 5.41) is 9.73. The van der Waals surface area contributed by atoms with Crippen LogP contribution in [0.5, 0.6) is 0 Å². The fourth-order valence-corrected chi connectivity index (χ4v) is 1.89. The Labute approximate surface area is 90.3 Å². The van der Waals surface area contributed by atoms with Gasteiger partial charge in [0.05, 0.1) is 6.10 Å². The molecule has 0 bridgehead atoms. The molecule has 4 heteroatoms. The van der Waals surface area contributed by atoms with Crippen LogP contribution in [-0.4, -0.2) is 40.4 Å². The Morgan fingerprint density at radius 3 is 2.27 bits per heavy atom. The zero-order valence-corrected chi connectivity index (χ0v) is 9.78. The molecule has 0 aromatic heterocycles. The van der Waals surface area contributed by atoms with Crippen LogP contribution in [0.3, 0.4) is 0 Å². The molecular formula is C11H19NO3. The predicted molar refractivity (Wildman–Crippen MR) is 56.3 cm³/mol. The summed E-state index contributed by atoms with van der Waals surface area (Å²) in [5.41, 5.74) is -0.524. The number of rotatable bonds is 1. The number of ketones is 1. The smallest absolute Gasteiger partial charge is 0.220 e. The molecule has 1 rings (SSSR count). The summed E-state index contributed by atoms with van der Waals surface area (Å²) in [7, 11) is 0. The van der Waals surface area contributed by atoms with Gasteiger partial charge in [-0.3, -0.25) is 9.59 Å². The van der Waals surface area contributed by atoms with E-state index >= 15 is 0 Å². The second-order valence-corrected chi connectivity index (χ2v) is 5.13. The van der Waals surface area contributed by atoms with Gasteiger partial charge >= 0.3 is 0 Å². The number of carbonyl (C=O) groups excluding carboxylic acids is 2. The summed E-state index contributed by atoms with van der Waals surface area (Å²) >= 11 is 0. The zero-order valence-electron chi connectivity index (χ0n) is 9.78. The van der Waals surface area contributed by atoms with Gasteiger partial charge in [-0.25, -0.2) is 0 Å². The second-order valence-electron chi connectivity index (χ2n) is 5.13. The maximum Gasteiger partial charge on any atom is 0.220 e. The molecule has 0 aromatic rings. The average molecular weight is 213 g/mol. The minimum atomic E-state index is -0.708. The lowest BCUT2D eigenvalue weighted by molar-refractivity contribution is -0.142. The first kappa shape index (κ1) is 12.2. The van der Waals surface area contributed by atoms with E-state index in [0.29, 0.717) is 13.0 Å². The average Bonchev–Trinajstić information content (AvgIpc) is 2.44. The van der Waals surface area contributed by atoms with Crippen LogP contribution in [0.2, 0.25) is 0 Å². The van der Waals surface area contributed by atoms with Crippen molar-refractivity contribution < 1.29 is 14.7 Å². The van der Waals surface area contributed by atoms with E-state index in [-0.39, 0.29) is 11.7 Å². The normalized spacial score (nSPS) is 26.9. The van der Waals surface area contributed by atoms with Gasteiger partial charge in [0.25, 0.3) is 0 Å². The molecule has 1 N–H and O–H groups in total. The Bertz CT molecular complexity index is 280. The minimum Gasteiger partial charge on any atom is -0.390 e. The van der Waals surface area contributed by atoms with Crippen molar-refractivity contribution in [3.05, 3.63) is 0 Å². The Morgan fingerprint density at radius 2 is 1.87 bits per heavy atom. The molecule has 0 spiro atoms. The highest BCUT2D eigenvalue weighted by molar-refractivity contribution is 5.93. The highest BCUT2D eigenvalue weighted by Gasteiger charge is 2.43. The number of amides is 1. The molecule has 0 aliphatic carbocycles. The fraction of sp³-hybridized carbons (Fsp3) is 0.818. The maximum atomic E-state index is 12.0. The summed E-state index contributed by atoms with van der Waals surface area (Å²) in [5.74, 6) is -0.211. The quantitative estimate of drug-likeness (QED) is 0.693. The summed E-state index contributed by atoms with van der Waals surface area (Å²) in [6, 6.07) is -0.650. The van der Waals surface area contributed by atoms with Crippen LogP contribution in [-0.2, 0) is 9.59 Å². The third-order valence-corrected chi connectivity index (χ3v) is 2.78. The van der Waals surface area contributed by atoms with E-state index in [9.17, 15) is 14.7 Å². The topological polar surface area (TPSA) is 57.6 Å². The third kappa shape index (κ3) is 2.37. The van der Waals surface area contributed by atoms with Crippen molar-refractivity contribution in [2.45, 2.75) is 46.3 Å². The molecule has 1 aliphatic heterocycles. The number of nitrogens with zero attached hydrogens (tertiary/aromatic N) is 1. The number of aliphatic hydroxyl groups excluding tert-OH is 1. The van der Waals surface area contributed by atoms with Gasteiger partial charge in [-0.1, -0.05) is 20.8 Å². The van der Waals surface area contributed by atoms with E-state index in [1.807, 2.05) is 0 Å². The highest BCUT2D eigenvalue weighted by Crippen LogP contribution is 2.26. The van der Waals surface area contributed by atoms with Gasteiger partial charge < -0.3 is 10.0 Å².